The molecular formula is C26H23N3O7S. The Labute approximate surface area is 214 Å². The van der Waals surface area contributed by atoms with Crippen LogP contribution in [0.5, 0.6) is 11.5 Å². The van der Waals surface area contributed by atoms with Crippen LogP contribution in [0.25, 0.3) is 6.08 Å². The molecule has 2 heterocycles. The van der Waals surface area contributed by atoms with Crippen LogP contribution in [0.15, 0.2) is 76.2 Å². The average molecular weight is 522 g/mol. The van der Waals surface area contributed by atoms with Crippen molar-refractivity contribution in [3.05, 3.63) is 107 Å². The van der Waals surface area contributed by atoms with Gasteiger partial charge in [-0.2, -0.15) is 0 Å². The summed E-state index contributed by atoms with van der Waals surface area (Å²) in [6.07, 6.45) is 2.99. The molecule has 0 spiro atoms. The normalized spacial score (nSPS) is 15.1. The molecule has 0 radical (unpaired) electrons. The number of non-ortho nitro benzene ring substituents is 1. The number of nitro groups is 1. The summed E-state index contributed by atoms with van der Waals surface area (Å²) in [7, 11) is 0. The van der Waals surface area contributed by atoms with Crippen LogP contribution in [0, 0.1) is 10.1 Å². The first-order valence-electron chi connectivity index (χ1n) is 11.3. The van der Waals surface area contributed by atoms with E-state index < -0.39 is 22.5 Å². The molecular weight excluding hydrogens is 498 g/mol. The van der Waals surface area contributed by atoms with Gasteiger partial charge < -0.3 is 14.6 Å². The summed E-state index contributed by atoms with van der Waals surface area (Å²) in [4.78, 5) is 42.0. The molecule has 0 saturated heterocycles. The molecule has 11 heteroatoms. The van der Waals surface area contributed by atoms with Crippen LogP contribution in [-0.2, 0) is 9.53 Å². The van der Waals surface area contributed by atoms with Crippen LogP contribution in [0.1, 0.15) is 31.0 Å². The second kappa shape index (κ2) is 10.6. The fourth-order valence-electron chi connectivity index (χ4n) is 3.92. The van der Waals surface area contributed by atoms with Crippen molar-refractivity contribution in [2.45, 2.75) is 19.9 Å². The van der Waals surface area contributed by atoms with E-state index in [9.17, 15) is 24.8 Å². The summed E-state index contributed by atoms with van der Waals surface area (Å²) in [6.45, 7) is 7.46. The summed E-state index contributed by atoms with van der Waals surface area (Å²) in [5.41, 5.74) is 0.672. The zero-order valence-electron chi connectivity index (χ0n) is 20.0. The number of hydrogen-bond donors (Lipinski definition) is 1. The number of ether oxygens (including phenoxy) is 2. The van der Waals surface area contributed by atoms with Gasteiger partial charge in [-0.3, -0.25) is 19.5 Å². The van der Waals surface area contributed by atoms with Gasteiger partial charge in [0.15, 0.2) is 4.80 Å². The number of carbonyl (C=O) groups excluding carboxylic acids is 1. The molecule has 2 aromatic carbocycles. The third-order valence-electron chi connectivity index (χ3n) is 5.59. The highest BCUT2D eigenvalue weighted by molar-refractivity contribution is 7.07. The van der Waals surface area contributed by atoms with Gasteiger partial charge >= 0.3 is 5.97 Å². The number of fused-ring (bicyclic) bond motifs is 1. The highest BCUT2D eigenvalue weighted by Crippen LogP contribution is 2.32. The van der Waals surface area contributed by atoms with Crippen LogP contribution < -0.4 is 19.6 Å². The van der Waals surface area contributed by atoms with Gasteiger partial charge in [0.1, 0.15) is 18.1 Å². The Morgan fingerprint density at radius 2 is 2.03 bits per heavy atom. The number of carbonyl (C=O) groups is 1. The SMILES string of the molecule is C=CCOc1ccc([C@H]2C(C(=O)OCC)=C(C)N=c3s/c(=C\c4cc([N+](=O)[O-])ccc4O)c(=O)n32)cc1. The highest BCUT2D eigenvalue weighted by atomic mass is 32.1. The molecule has 0 unspecified atom stereocenters. The molecule has 1 N–H and O–H groups in total. The fraction of sp³-hybridized carbons (Fsp3) is 0.192. The molecule has 4 rings (SSSR count). The lowest BCUT2D eigenvalue weighted by atomic mass is 9.96. The molecule has 10 nitrogen and oxygen atoms in total. The largest absolute Gasteiger partial charge is 0.507 e. The van der Waals surface area contributed by atoms with Crippen LogP contribution in [0.4, 0.5) is 5.69 Å². The molecule has 37 heavy (non-hydrogen) atoms. The van der Waals surface area contributed by atoms with E-state index in [4.69, 9.17) is 9.47 Å². The van der Waals surface area contributed by atoms with Crippen molar-refractivity contribution in [3.8, 4) is 11.5 Å². The summed E-state index contributed by atoms with van der Waals surface area (Å²) < 4.78 is 12.4. The minimum atomic E-state index is -0.829. The van der Waals surface area contributed by atoms with Crippen molar-refractivity contribution in [3.63, 3.8) is 0 Å². The standard InChI is InChI=1S/C26H23N3O7S/c1-4-12-36-19-9-6-16(7-10-19)23-22(25(32)35-5-2)15(3)27-26-28(23)24(31)21(37-26)14-17-13-18(29(33)34)8-11-20(17)30/h4,6-11,13-14,23,30H,1,5,12H2,2-3H3/b21-14-/t23-/m0/s1. The van der Waals surface area contributed by atoms with E-state index >= 15 is 0 Å². The Morgan fingerprint density at radius 1 is 1.30 bits per heavy atom. The number of phenolic OH excluding ortho intramolecular Hbond substituents is 1. The molecule has 0 amide bonds. The van der Waals surface area contributed by atoms with Crippen LogP contribution in [0.3, 0.4) is 0 Å². The number of aromatic hydroxyl groups is 1. The molecule has 1 aromatic heterocycles. The summed E-state index contributed by atoms with van der Waals surface area (Å²) >= 11 is 1.05. The van der Waals surface area contributed by atoms with E-state index in [1.807, 2.05) is 0 Å². The molecule has 190 valence electrons. The minimum absolute atomic E-state index is 0.112. The zero-order chi connectivity index (χ0) is 26.7. The number of rotatable bonds is 8. The molecule has 0 aliphatic carbocycles. The quantitative estimate of drug-likeness (QED) is 0.208. The molecule has 0 fully saturated rings. The number of thiazole rings is 1. The second-order valence-electron chi connectivity index (χ2n) is 7.97. The van der Waals surface area contributed by atoms with E-state index in [2.05, 4.69) is 11.6 Å². The number of benzene rings is 2. The maximum Gasteiger partial charge on any atom is 0.338 e. The number of phenols is 1. The molecule has 1 atom stereocenters. The van der Waals surface area contributed by atoms with Gasteiger partial charge in [-0.05, 0) is 43.7 Å². The van der Waals surface area contributed by atoms with E-state index in [-0.39, 0.29) is 33.7 Å². The molecule has 0 bridgehead atoms. The number of aromatic nitrogens is 1. The van der Waals surface area contributed by atoms with Crippen LogP contribution in [0.2, 0.25) is 0 Å². The smallest absolute Gasteiger partial charge is 0.338 e. The highest BCUT2D eigenvalue weighted by Gasteiger charge is 2.33. The first-order chi connectivity index (χ1) is 17.7. The van der Waals surface area contributed by atoms with Crippen LogP contribution >= 0.6 is 11.3 Å². The predicted octanol–water partition coefficient (Wildman–Crippen LogP) is 2.98. The maximum atomic E-state index is 13.6. The van der Waals surface area contributed by atoms with Gasteiger partial charge in [-0.15, -0.1) is 0 Å². The molecule has 0 saturated carbocycles. The van der Waals surface area contributed by atoms with Crippen molar-refractivity contribution in [1.29, 1.82) is 0 Å². The number of nitro benzene ring substituents is 1. The Hall–Kier alpha value is -4.51. The summed E-state index contributed by atoms with van der Waals surface area (Å²) in [5, 5.41) is 21.4. The Bertz CT molecular complexity index is 1600. The summed E-state index contributed by atoms with van der Waals surface area (Å²) in [5.74, 6) is -0.214. The Balaban J connectivity index is 1.91. The van der Waals surface area contributed by atoms with Gasteiger partial charge in [-0.25, -0.2) is 9.79 Å². The molecule has 3 aromatic rings. The van der Waals surface area contributed by atoms with Crippen molar-refractivity contribution in [2.24, 2.45) is 4.99 Å². The Kier molecular flexibility index (Phi) is 7.35. The van der Waals surface area contributed by atoms with E-state index in [1.165, 1.54) is 28.8 Å². The third-order valence-corrected chi connectivity index (χ3v) is 6.57. The van der Waals surface area contributed by atoms with Gasteiger partial charge in [0.05, 0.1) is 33.4 Å². The topological polar surface area (TPSA) is 133 Å². The second-order valence-corrected chi connectivity index (χ2v) is 8.98. The monoisotopic (exact) mass is 521 g/mol. The number of nitrogens with zero attached hydrogens (tertiary/aromatic N) is 3. The van der Waals surface area contributed by atoms with Gasteiger partial charge in [0.2, 0.25) is 0 Å². The third kappa shape index (κ3) is 5.07. The average Bonchev–Trinajstić information content (AvgIpc) is 3.17. The lowest BCUT2D eigenvalue weighted by Crippen LogP contribution is -2.39. The van der Waals surface area contributed by atoms with Crippen molar-refractivity contribution >= 4 is 29.1 Å². The lowest BCUT2D eigenvalue weighted by molar-refractivity contribution is -0.384. The maximum absolute atomic E-state index is 13.6. The first kappa shape index (κ1) is 25.6. The number of hydrogen-bond acceptors (Lipinski definition) is 9. The van der Waals surface area contributed by atoms with E-state index in [0.717, 1.165) is 11.3 Å². The first-order valence-corrected chi connectivity index (χ1v) is 12.1. The van der Waals surface area contributed by atoms with Gasteiger partial charge in [-0.1, -0.05) is 36.1 Å². The van der Waals surface area contributed by atoms with Crippen LogP contribution in [-0.4, -0.2) is 33.8 Å². The van der Waals surface area contributed by atoms with Crippen molar-refractivity contribution in [2.75, 3.05) is 13.2 Å². The Morgan fingerprint density at radius 3 is 2.68 bits per heavy atom. The van der Waals surface area contributed by atoms with E-state index in [0.29, 0.717) is 28.4 Å². The lowest BCUT2D eigenvalue weighted by Gasteiger charge is -2.24. The van der Waals surface area contributed by atoms with Gasteiger partial charge in [0.25, 0.3) is 11.2 Å². The number of esters is 1. The van der Waals surface area contributed by atoms with Gasteiger partial charge in [0, 0.05) is 17.7 Å². The zero-order valence-corrected chi connectivity index (χ0v) is 20.9. The fourth-order valence-corrected chi connectivity index (χ4v) is 4.96. The molecule has 1 aliphatic rings. The van der Waals surface area contributed by atoms with Crippen molar-refractivity contribution < 1.29 is 24.3 Å². The van der Waals surface area contributed by atoms with E-state index in [1.54, 1.807) is 44.2 Å². The van der Waals surface area contributed by atoms with Crippen molar-refractivity contribution in [1.82, 2.24) is 4.57 Å². The predicted molar refractivity (Wildman–Crippen MR) is 137 cm³/mol. The molecule has 1 aliphatic heterocycles. The minimum Gasteiger partial charge on any atom is -0.507 e. The number of allylic oxidation sites excluding steroid dienone is 1. The summed E-state index contributed by atoms with van der Waals surface area (Å²) in [6, 6.07) is 9.69.